The monoisotopic (exact) mass is 245 g/mol. The predicted molar refractivity (Wildman–Crippen MR) is 57.7 cm³/mol. The zero-order valence-corrected chi connectivity index (χ0v) is 9.57. The van der Waals surface area contributed by atoms with Crippen molar-refractivity contribution in [3.05, 3.63) is 39.4 Å². The highest BCUT2D eigenvalue weighted by Crippen LogP contribution is 2.29. The molecular weight excluding hydrogens is 232 g/mol. The van der Waals surface area contributed by atoms with Crippen molar-refractivity contribution in [1.82, 2.24) is 0 Å². The van der Waals surface area contributed by atoms with Crippen LogP contribution in [0.25, 0.3) is 0 Å². The van der Waals surface area contributed by atoms with E-state index in [2.05, 4.69) is 0 Å². The predicted octanol–water partition coefficient (Wildman–Crippen LogP) is 2.57. The number of nitro groups is 1. The summed E-state index contributed by atoms with van der Waals surface area (Å²) in [6, 6.07) is 0.832. The molecule has 17 heavy (non-hydrogen) atoms. The van der Waals surface area contributed by atoms with Crippen LogP contribution in [0.5, 0.6) is 5.75 Å². The van der Waals surface area contributed by atoms with Crippen LogP contribution < -0.4 is 4.74 Å². The standard InChI is InChI=1S/C9H7F2NO3.C2H6/c10-6-1-5-2-7(12(13)14)4-15-9(5)8(11)3-6;1-2/h1,3,7H,2,4H2;1-2H3. The number of hydrogen-bond donors (Lipinski definition) is 0. The zero-order chi connectivity index (χ0) is 13.0. The minimum Gasteiger partial charge on any atom is -0.483 e. The Bertz CT molecular complexity index is 423. The van der Waals surface area contributed by atoms with E-state index >= 15 is 0 Å². The second-order valence-corrected chi connectivity index (χ2v) is 3.33. The maximum atomic E-state index is 13.1. The number of halogens is 2. The van der Waals surface area contributed by atoms with Crippen molar-refractivity contribution in [2.75, 3.05) is 6.61 Å². The first kappa shape index (κ1) is 13.3. The first-order chi connectivity index (χ1) is 8.08. The smallest absolute Gasteiger partial charge is 0.250 e. The minimum atomic E-state index is -0.932. The molecule has 2 rings (SSSR count). The Hall–Kier alpha value is -1.72. The van der Waals surface area contributed by atoms with Crippen molar-refractivity contribution in [3.63, 3.8) is 0 Å². The molecule has 0 bridgehead atoms. The van der Waals surface area contributed by atoms with Crippen molar-refractivity contribution >= 4 is 0 Å². The molecule has 1 aliphatic rings. The van der Waals surface area contributed by atoms with Gasteiger partial charge in [-0.2, -0.15) is 0 Å². The maximum absolute atomic E-state index is 13.1. The van der Waals surface area contributed by atoms with Crippen molar-refractivity contribution in [2.24, 2.45) is 0 Å². The van der Waals surface area contributed by atoms with Crippen LogP contribution in [0, 0.1) is 21.7 Å². The van der Waals surface area contributed by atoms with Gasteiger partial charge in [0.25, 0.3) is 6.04 Å². The van der Waals surface area contributed by atoms with E-state index in [1.807, 2.05) is 13.8 Å². The first-order valence-electron chi connectivity index (χ1n) is 5.32. The highest BCUT2D eigenvalue weighted by Gasteiger charge is 2.30. The van der Waals surface area contributed by atoms with E-state index in [4.69, 9.17) is 4.74 Å². The highest BCUT2D eigenvalue weighted by atomic mass is 19.1. The Balaban J connectivity index is 0.000000686. The topological polar surface area (TPSA) is 52.4 Å². The third-order valence-corrected chi connectivity index (χ3v) is 2.26. The molecule has 0 aliphatic carbocycles. The van der Waals surface area contributed by atoms with Gasteiger partial charge in [0, 0.05) is 23.0 Å². The third kappa shape index (κ3) is 2.89. The molecule has 0 saturated heterocycles. The van der Waals surface area contributed by atoms with E-state index in [9.17, 15) is 18.9 Å². The lowest BCUT2D eigenvalue weighted by Crippen LogP contribution is -2.33. The largest absolute Gasteiger partial charge is 0.483 e. The van der Waals surface area contributed by atoms with E-state index in [0.29, 0.717) is 6.07 Å². The normalized spacial score (nSPS) is 17.3. The number of hydrogen-bond acceptors (Lipinski definition) is 3. The fourth-order valence-corrected chi connectivity index (χ4v) is 1.55. The molecule has 0 saturated carbocycles. The van der Waals surface area contributed by atoms with E-state index in [1.165, 1.54) is 0 Å². The van der Waals surface area contributed by atoms with Gasteiger partial charge in [-0.1, -0.05) is 13.8 Å². The van der Waals surface area contributed by atoms with Gasteiger partial charge in [-0.05, 0) is 6.07 Å². The average Bonchev–Trinajstić information content (AvgIpc) is 2.30. The van der Waals surface area contributed by atoms with Crippen molar-refractivity contribution in [3.8, 4) is 5.75 Å². The molecule has 0 amide bonds. The molecular formula is C11H13F2NO3. The van der Waals surface area contributed by atoms with Crippen LogP contribution in [0.1, 0.15) is 19.4 Å². The summed E-state index contributed by atoms with van der Waals surface area (Å²) in [7, 11) is 0. The van der Waals surface area contributed by atoms with Gasteiger partial charge < -0.3 is 4.74 Å². The summed E-state index contributed by atoms with van der Waals surface area (Å²) in [5, 5.41) is 10.5. The summed E-state index contributed by atoms with van der Waals surface area (Å²) in [5.74, 6) is -1.64. The molecule has 94 valence electrons. The summed E-state index contributed by atoms with van der Waals surface area (Å²) in [6.45, 7) is 3.82. The molecule has 0 aromatic heterocycles. The van der Waals surface area contributed by atoms with Crippen LogP contribution in [-0.4, -0.2) is 17.6 Å². The lowest BCUT2D eigenvalue weighted by Gasteiger charge is -2.20. The Morgan fingerprint density at radius 1 is 1.41 bits per heavy atom. The fourth-order valence-electron chi connectivity index (χ4n) is 1.55. The molecule has 0 N–H and O–H groups in total. The average molecular weight is 245 g/mol. The second kappa shape index (κ2) is 5.56. The molecule has 0 spiro atoms. The number of ether oxygens (including phenoxy) is 1. The molecule has 1 aromatic carbocycles. The molecule has 1 aliphatic heterocycles. The number of rotatable bonds is 1. The van der Waals surface area contributed by atoms with Gasteiger partial charge in [-0.25, -0.2) is 8.78 Å². The summed E-state index contributed by atoms with van der Waals surface area (Å²) in [5.41, 5.74) is 0.209. The second-order valence-electron chi connectivity index (χ2n) is 3.33. The minimum absolute atomic E-state index is 0.00296. The van der Waals surface area contributed by atoms with Gasteiger partial charge in [0.15, 0.2) is 18.2 Å². The number of nitrogens with zero attached hydrogens (tertiary/aromatic N) is 1. The zero-order valence-electron chi connectivity index (χ0n) is 9.57. The summed E-state index contributed by atoms with van der Waals surface area (Å²) < 4.78 is 30.8. The maximum Gasteiger partial charge on any atom is 0.250 e. The van der Waals surface area contributed by atoms with Crippen LogP contribution in [0.4, 0.5) is 8.78 Å². The Labute approximate surface area is 97.4 Å². The van der Waals surface area contributed by atoms with Gasteiger partial charge in [0.2, 0.25) is 0 Å². The Morgan fingerprint density at radius 2 is 2.06 bits per heavy atom. The van der Waals surface area contributed by atoms with Crippen LogP contribution in [0.3, 0.4) is 0 Å². The fraction of sp³-hybridized carbons (Fsp3) is 0.455. The van der Waals surface area contributed by atoms with Gasteiger partial charge in [-0.15, -0.1) is 0 Å². The van der Waals surface area contributed by atoms with E-state index in [1.54, 1.807) is 0 Å². The summed E-state index contributed by atoms with van der Waals surface area (Å²) >= 11 is 0. The third-order valence-electron chi connectivity index (χ3n) is 2.26. The lowest BCUT2D eigenvalue weighted by atomic mass is 10.0. The van der Waals surface area contributed by atoms with Crippen molar-refractivity contribution in [1.29, 1.82) is 0 Å². The molecule has 4 nitrogen and oxygen atoms in total. The van der Waals surface area contributed by atoms with Crippen molar-refractivity contribution < 1.29 is 18.4 Å². The Morgan fingerprint density at radius 3 is 2.65 bits per heavy atom. The molecule has 0 radical (unpaired) electrons. The van der Waals surface area contributed by atoms with Crippen LogP contribution >= 0.6 is 0 Å². The molecule has 1 atom stereocenters. The van der Waals surface area contributed by atoms with Crippen LogP contribution in [0.15, 0.2) is 12.1 Å². The van der Waals surface area contributed by atoms with Gasteiger partial charge >= 0.3 is 0 Å². The number of benzene rings is 1. The molecule has 1 heterocycles. The summed E-state index contributed by atoms with van der Waals surface area (Å²) in [6.07, 6.45) is -0.00296. The first-order valence-corrected chi connectivity index (χ1v) is 5.32. The van der Waals surface area contributed by atoms with Crippen molar-refractivity contribution in [2.45, 2.75) is 26.3 Å². The SMILES string of the molecule is CC.O=[N+]([O-])C1COc2c(F)cc(F)cc2C1. The molecule has 0 fully saturated rings. The van der Waals surface area contributed by atoms with Crippen LogP contribution in [-0.2, 0) is 6.42 Å². The van der Waals surface area contributed by atoms with Gasteiger partial charge in [0.1, 0.15) is 5.82 Å². The summed E-state index contributed by atoms with van der Waals surface area (Å²) in [4.78, 5) is 9.96. The molecule has 1 aromatic rings. The quantitative estimate of drug-likeness (QED) is 0.564. The van der Waals surface area contributed by atoms with E-state index < -0.39 is 22.6 Å². The van der Waals surface area contributed by atoms with Gasteiger partial charge in [0.05, 0.1) is 0 Å². The Kier molecular flexibility index (Phi) is 4.37. The van der Waals surface area contributed by atoms with E-state index in [-0.39, 0.29) is 24.3 Å². The number of fused-ring (bicyclic) bond motifs is 1. The van der Waals surface area contributed by atoms with Crippen LogP contribution in [0.2, 0.25) is 0 Å². The van der Waals surface area contributed by atoms with E-state index in [0.717, 1.165) is 6.07 Å². The molecule has 6 heteroatoms. The van der Waals surface area contributed by atoms with Gasteiger partial charge in [-0.3, -0.25) is 10.1 Å². The lowest BCUT2D eigenvalue weighted by molar-refractivity contribution is -0.525. The molecule has 1 unspecified atom stereocenters. The highest BCUT2D eigenvalue weighted by molar-refractivity contribution is 5.37.